The molecule has 0 spiro atoms. The molecule has 0 aliphatic carbocycles. The van der Waals surface area contributed by atoms with Gasteiger partial charge in [0.2, 0.25) is 0 Å². The van der Waals surface area contributed by atoms with Crippen LogP contribution in [0.3, 0.4) is 0 Å². The van der Waals surface area contributed by atoms with Crippen LogP contribution in [0.15, 0.2) is 27.7 Å². The summed E-state index contributed by atoms with van der Waals surface area (Å²) in [6.07, 6.45) is 5.56. The summed E-state index contributed by atoms with van der Waals surface area (Å²) in [6.45, 7) is 5.24. The van der Waals surface area contributed by atoms with Crippen molar-refractivity contribution in [2.45, 2.75) is 49.9 Å². The maximum atomic E-state index is 12.8. The van der Waals surface area contributed by atoms with Crippen LogP contribution in [0.25, 0.3) is 0 Å². The van der Waals surface area contributed by atoms with Gasteiger partial charge in [-0.05, 0) is 25.0 Å². The molecule has 160 valence electrons. The van der Waals surface area contributed by atoms with Crippen LogP contribution in [-0.2, 0) is 29.5 Å². The Morgan fingerprint density at radius 1 is 1.24 bits per heavy atom. The van der Waals surface area contributed by atoms with Crippen molar-refractivity contribution < 1.29 is 8.42 Å². The first-order chi connectivity index (χ1) is 14.0. The molecule has 2 aromatic heterocycles. The first-order valence-corrected chi connectivity index (χ1v) is 12.2. The van der Waals surface area contributed by atoms with Crippen molar-refractivity contribution in [3.63, 3.8) is 0 Å². The normalized spacial score (nSPS) is 16.1. The van der Waals surface area contributed by atoms with Crippen LogP contribution >= 0.6 is 11.3 Å². The zero-order chi connectivity index (χ0) is 20.7. The van der Waals surface area contributed by atoms with E-state index in [4.69, 9.17) is 0 Å². The number of aromatic nitrogens is 3. The van der Waals surface area contributed by atoms with Gasteiger partial charge in [-0.25, -0.2) is 8.42 Å². The zero-order valence-corrected chi connectivity index (χ0v) is 18.6. The van der Waals surface area contributed by atoms with Crippen LogP contribution in [0.2, 0.25) is 0 Å². The molecule has 0 aromatic carbocycles. The molecule has 0 atom stereocenters. The number of aryl methyl sites for hydroxylation is 1. The van der Waals surface area contributed by atoms with E-state index < -0.39 is 10.0 Å². The van der Waals surface area contributed by atoms with E-state index in [1.165, 1.54) is 11.3 Å². The number of nitrogens with one attached hydrogen (secondary N) is 2. The summed E-state index contributed by atoms with van der Waals surface area (Å²) in [5, 5.41) is 14.5. The average molecular weight is 440 g/mol. The number of nitrogens with zero attached hydrogens (tertiary/aromatic N) is 5. The van der Waals surface area contributed by atoms with Crippen molar-refractivity contribution in [1.82, 2.24) is 29.7 Å². The molecule has 2 aromatic rings. The summed E-state index contributed by atoms with van der Waals surface area (Å²) in [7, 11) is -1.65. The molecule has 2 N–H and O–H groups in total. The van der Waals surface area contributed by atoms with Gasteiger partial charge in [0.1, 0.15) is 16.4 Å². The predicted molar refractivity (Wildman–Crippen MR) is 115 cm³/mol. The summed E-state index contributed by atoms with van der Waals surface area (Å²) in [5.74, 6) is 1.63. The second kappa shape index (κ2) is 10.2. The summed E-state index contributed by atoms with van der Waals surface area (Å²) < 4.78 is 29.6. The molecule has 11 heteroatoms. The van der Waals surface area contributed by atoms with Crippen molar-refractivity contribution in [3.8, 4) is 0 Å². The van der Waals surface area contributed by atoms with Crippen LogP contribution < -0.4 is 10.6 Å². The Bertz CT molecular complexity index is 914. The van der Waals surface area contributed by atoms with Gasteiger partial charge in [-0.3, -0.25) is 4.99 Å². The Morgan fingerprint density at radius 3 is 2.76 bits per heavy atom. The zero-order valence-electron chi connectivity index (χ0n) is 17.0. The lowest BCUT2D eigenvalue weighted by molar-refractivity contribution is 0.347. The van der Waals surface area contributed by atoms with E-state index in [9.17, 15) is 8.42 Å². The molecule has 3 heterocycles. The fourth-order valence-corrected chi connectivity index (χ4v) is 6.22. The molecule has 1 aliphatic rings. The van der Waals surface area contributed by atoms with Gasteiger partial charge < -0.3 is 15.2 Å². The predicted octanol–water partition coefficient (Wildman–Crippen LogP) is 1.44. The number of guanidine groups is 1. The van der Waals surface area contributed by atoms with Crippen LogP contribution in [-0.4, -0.2) is 60.1 Å². The highest BCUT2D eigenvalue weighted by Gasteiger charge is 2.27. The molecular formula is C18H29N7O2S2. The number of piperidine rings is 1. The Balaban J connectivity index is 1.50. The first kappa shape index (κ1) is 21.7. The van der Waals surface area contributed by atoms with Gasteiger partial charge in [0.25, 0.3) is 10.0 Å². The number of hydrogen-bond donors (Lipinski definition) is 2. The van der Waals surface area contributed by atoms with Gasteiger partial charge >= 0.3 is 0 Å². The lowest BCUT2D eigenvalue weighted by Crippen LogP contribution is -2.38. The molecule has 1 fully saturated rings. The molecule has 0 radical (unpaired) electrons. The van der Waals surface area contributed by atoms with E-state index in [0.717, 1.165) is 42.9 Å². The topological polar surface area (TPSA) is 105 Å². The molecule has 0 amide bonds. The highest BCUT2D eigenvalue weighted by molar-refractivity contribution is 7.91. The van der Waals surface area contributed by atoms with Crippen molar-refractivity contribution in [2.75, 3.05) is 26.7 Å². The van der Waals surface area contributed by atoms with Gasteiger partial charge in [0.15, 0.2) is 5.96 Å². The van der Waals surface area contributed by atoms with E-state index in [2.05, 4.69) is 32.7 Å². The highest BCUT2D eigenvalue weighted by atomic mass is 32.2. The Hall–Kier alpha value is -1.98. The summed E-state index contributed by atoms with van der Waals surface area (Å²) in [6, 6.07) is 3.58. The second-order valence-corrected chi connectivity index (χ2v) is 10.2. The fourth-order valence-electron chi connectivity index (χ4n) is 3.25. The minimum atomic E-state index is -3.37. The molecule has 3 rings (SSSR count). The molecule has 0 saturated carbocycles. The number of rotatable bonds is 8. The Kier molecular flexibility index (Phi) is 7.62. The van der Waals surface area contributed by atoms with Gasteiger partial charge in [0, 0.05) is 44.5 Å². The maximum absolute atomic E-state index is 12.8. The molecule has 0 bridgehead atoms. The first-order valence-electron chi connectivity index (χ1n) is 9.94. The SMILES string of the molecule is CCc1nncn1CCNC(=NC)NCc1ccc(S(=O)(=O)N2CCCCC2)s1. The largest absolute Gasteiger partial charge is 0.355 e. The molecule has 9 nitrogen and oxygen atoms in total. The number of aliphatic imine (C=N–C) groups is 1. The third kappa shape index (κ3) is 5.55. The summed E-state index contributed by atoms with van der Waals surface area (Å²) >= 11 is 1.32. The fraction of sp³-hybridized carbons (Fsp3) is 0.611. The second-order valence-electron chi connectivity index (χ2n) is 6.83. The molecule has 0 unspecified atom stereocenters. The Morgan fingerprint density at radius 2 is 2.03 bits per heavy atom. The quantitative estimate of drug-likeness (QED) is 0.476. The van der Waals surface area contributed by atoms with E-state index in [1.54, 1.807) is 23.7 Å². The molecule has 1 aliphatic heterocycles. The summed E-state index contributed by atoms with van der Waals surface area (Å²) in [5.41, 5.74) is 0. The molecule has 1 saturated heterocycles. The number of sulfonamides is 1. The minimum absolute atomic E-state index is 0.416. The minimum Gasteiger partial charge on any atom is -0.355 e. The van der Waals surface area contributed by atoms with Crippen LogP contribution in [0, 0.1) is 0 Å². The average Bonchev–Trinajstić information content (AvgIpc) is 3.40. The highest BCUT2D eigenvalue weighted by Crippen LogP contribution is 2.26. The van der Waals surface area contributed by atoms with E-state index >= 15 is 0 Å². The molecule has 29 heavy (non-hydrogen) atoms. The van der Waals surface area contributed by atoms with Crippen LogP contribution in [0.1, 0.15) is 36.9 Å². The van der Waals surface area contributed by atoms with E-state index in [-0.39, 0.29) is 0 Å². The van der Waals surface area contributed by atoms with E-state index in [0.29, 0.717) is 36.3 Å². The van der Waals surface area contributed by atoms with Crippen molar-refractivity contribution in [2.24, 2.45) is 4.99 Å². The van der Waals surface area contributed by atoms with Crippen LogP contribution in [0.4, 0.5) is 0 Å². The summed E-state index contributed by atoms with van der Waals surface area (Å²) in [4.78, 5) is 5.18. The van der Waals surface area contributed by atoms with Gasteiger partial charge in [0.05, 0.1) is 6.54 Å². The third-order valence-electron chi connectivity index (χ3n) is 4.86. The van der Waals surface area contributed by atoms with Crippen LogP contribution in [0.5, 0.6) is 0 Å². The van der Waals surface area contributed by atoms with Gasteiger partial charge in [-0.1, -0.05) is 13.3 Å². The lowest BCUT2D eigenvalue weighted by Gasteiger charge is -2.25. The smallest absolute Gasteiger partial charge is 0.252 e. The van der Waals surface area contributed by atoms with Gasteiger partial charge in [-0.2, -0.15) is 4.31 Å². The Labute approximate surface area is 176 Å². The van der Waals surface area contributed by atoms with Crippen molar-refractivity contribution in [1.29, 1.82) is 0 Å². The molecular weight excluding hydrogens is 410 g/mol. The lowest BCUT2D eigenvalue weighted by atomic mass is 10.2. The van der Waals surface area contributed by atoms with Crippen molar-refractivity contribution >= 4 is 27.3 Å². The standard InChI is InChI=1S/C18H29N7O2S2/c1-3-16-23-22-14-24(16)12-9-20-18(19-2)21-13-15-7-8-17(28-15)29(26,27)25-10-5-4-6-11-25/h7-8,14H,3-6,9-13H2,1-2H3,(H2,19,20,21). The number of hydrogen-bond acceptors (Lipinski definition) is 6. The monoisotopic (exact) mass is 439 g/mol. The van der Waals surface area contributed by atoms with Gasteiger partial charge in [-0.15, -0.1) is 21.5 Å². The maximum Gasteiger partial charge on any atom is 0.252 e. The number of thiophene rings is 1. The van der Waals surface area contributed by atoms with E-state index in [1.807, 2.05) is 10.6 Å². The third-order valence-corrected chi connectivity index (χ3v) is 8.31. The van der Waals surface area contributed by atoms with Crippen molar-refractivity contribution in [3.05, 3.63) is 29.2 Å².